The van der Waals surface area contributed by atoms with Gasteiger partial charge in [-0.15, -0.1) is 33.7 Å². The van der Waals surface area contributed by atoms with Crippen LogP contribution in [0.25, 0.3) is 27.1 Å². The normalized spacial score (nSPS) is 12.4. The van der Waals surface area contributed by atoms with Crippen molar-refractivity contribution in [2.45, 2.75) is 19.8 Å². The molecule has 0 nitrogen and oxygen atoms in total. The van der Waals surface area contributed by atoms with Crippen LogP contribution in [0.15, 0.2) is 121 Å². The molecule has 1 aliphatic rings. The molecule has 0 unspecified atom stereocenters. The Hall–Kier alpha value is -3.02. The third kappa shape index (κ3) is 4.77. The molecule has 0 fully saturated rings. The fourth-order valence-corrected chi connectivity index (χ4v) is 5.43. The van der Waals surface area contributed by atoms with Gasteiger partial charge in [-0.25, -0.2) is 0 Å². The average molecular weight is 515 g/mol. The van der Waals surface area contributed by atoms with Crippen molar-refractivity contribution in [1.82, 2.24) is 0 Å². The number of rotatable bonds is 4. The van der Waals surface area contributed by atoms with Gasteiger partial charge in [0, 0.05) is 0 Å². The molecule has 0 radical (unpaired) electrons. The summed E-state index contributed by atoms with van der Waals surface area (Å²) < 4.78 is 1.42. The van der Waals surface area contributed by atoms with Crippen molar-refractivity contribution in [2.24, 2.45) is 0 Å². The van der Waals surface area contributed by atoms with Crippen molar-refractivity contribution in [3.8, 4) is 0 Å². The summed E-state index contributed by atoms with van der Waals surface area (Å²) in [6.45, 7) is 2.23. The average Bonchev–Trinajstić information content (AvgIpc) is 3.57. The molecule has 1 heteroatoms. The predicted octanol–water partition coefficient (Wildman–Crippen LogP) is 8.42. The van der Waals surface area contributed by atoms with Gasteiger partial charge in [-0.3, -0.25) is 0 Å². The molecule has 6 rings (SSSR count). The van der Waals surface area contributed by atoms with E-state index in [1.807, 2.05) is 0 Å². The Morgan fingerprint density at radius 1 is 0.794 bits per heavy atom. The first-order valence-electron chi connectivity index (χ1n) is 11.9. The van der Waals surface area contributed by atoms with Crippen LogP contribution in [-0.4, -0.2) is 3.21 Å². The van der Waals surface area contributed by atoms with Crippen LogP contribution in [0.3, 0.4) is 0 Å². The standard InChI is InChI=1S/C20H17.C13H10.Zr/c1-2-14-11-18(15-7-3-4-8-15)20-13-16-9-5-6-10-17(16)19(20)12-14;1-3-7-12(8-4-1)11-13-9-5-2-6-10-13;/h3-7,9-13H,2,8H2,1H3;1-10H;/q-1;;. The molecule has 0 aliphatic heterocycles. The van der Waals surface area contributed by atoms with E-state index < -0.39 is 0 Å². The molecule has 1 aliphatic carbocycles. The molecule has 0 bridgehead atoms. The van der Waals surface area contributed by atoms with E-state index in [4.69, 9.17) is 0 Å². The fraction of sp³-hybridized carbons (Fsp3) is 0.0909. The predicted molar refractivity (Wildman–Crippen MR) is 144 cm³/mol. The van der Waals surface area contributed by atoms with Gasteiger partial charge >= 0.3 is 99.2 Å². The quantitative estimate of drug-likeness (QED) is 0.211. The van der Waals surface area contributed by atoms with Gasteiger partial charge in [-0.1, -0.05) is 72.2 Å². The van der Waals surface area contributed by atoms with Crippen LogP contribution < -0.4 is 0 Å². The van der Waals surface area contributed by atoms with E-state index in [1.165, 1.54) is 76.8 Å². The molecule has 164 valence electrons. The SMILES string of the molecule is CCc1cc(C2=CC=CC2)c2[cH-]c3ccccc3c2c1.[Zr]=[C](c1ccccc1)c1ccccc1. The van der Waals surface area contributed by atoms with Crippen molar-refractivity contribution in [3.05, 3.63) is 144 Å². The zero-order chi connectivity index (χ0) is 23.3. The molecular weight excluding hydrogens is 488 g/mol. The molecule has 5 aromatic carbocycles. The van der Waals surface area contributed by atoms with E-state index in [2.05, 4.69) is 128 Å². The maximum absolute atomic E-state index is 2.38. The Kier molecular flexibility index (Phi) is 7.03. The zero-order valence-electron chi connectivity index (χ0n) is 19.5. The van der Waals surface area contributed by atoms with Gasteiger partial charge in [-0.2, -0.15) is 0 Å². The Morgan fingerprint density at radius 3 is 2.06 bits per heavy atom. The van der Waals surface area contributed by atoms with Crippen LogP contribution in [0.2, 0.25) is 0 Å². The molecule has 0 spiro atoms. The summed E-state index contributed by atoms with van der Waals surface area (Å²) in [6.07, 6.45) is 8.81. The maximum atomic E-state index is 2.38. The summed E-state index contributed by atoms with van der Waals surface area (Å²) in [5.41, 5.74) is 6.95. The van der Waals surface area contributed by atoms with Gasteiger partial charge in [0.1, 0.15) is 0 Å². The first kappa shape index (κ1) is 22.8. The molecular formula is C33H27Zr-. The van der Waals surface area contributed by atoms with Gasteiger partial charge in [-0.05, 0) is 12.8 Å². The first-order valence-corrected chi connectivity index (χ1v) is 13.1. The second kappa shape index (κ2) is 10.5. The van der Waals surface area contributed by atoms with E-state index in [1.54, 1.807) is 0 Å². The van der Waals surface area contributed by atoms with Gasteiger partial charge in [0.15, 0.2) is 0 Å². The third-order valence-electron chi connectivity index (χ3n) is 6.44. The second-order valence-electron chi connectivity index (χ2n) is 8.62. The van der Waals surface area contributed by atoms with E-state index in [0.29, 0.717) is 0 Å². The minimum absolute atomic E-state index is 1.06. The van der Waals surface area contributed by atoms with Crippen LogP contribution in [-0.2, 0) is 30.7 Å². The fourth-order valence-electron chi connectivity index (χ4n) is 4.61. The van der Waals surface area contributed by atoms with Gasteiger partial charge in [0.05, 0.1) is 0 Å². The molecule has 0 heterocycles. The number of aryl methyl sites for hydroxylation is 1. The van der Waals surface area contributed by atoms with Crippen LogP contribution in [0.5, 0.6) is 0 Å². The molecule has 0 N–H and O–H groups in total. The Bertz CT molecular complexity index is 1460. The number of hydrogen-bond acceptors (Lipinski definition) is 0. The van der Waals surface area contributed by atoms with Gasteiger partial charge < -0.3 is 0 Å². The van der Waals surface area contributed by atoms with Crippen molar-refractivity contribution >= 4 is 30.3 Å². The monoisotopic (exact) mass is 513 g/mol. The Labute approximate surface area is 217 Å². The van der Waals surface area contributed by atoms with Crippen LogP contribution in [0.4, 0.5) is 0 Å². The molecule has 5 aromatic rings. The molecule has 0 saturated carbocycles. The molecule has 0 atom stereocenters. The molecule has 34 heavy (non-hydrogen) atoms. The van der Waals surface area contributed by atoms with Crippen LogP contribution in [0, 0.1) is 0 Å². The van der Waals surface area contributed by atoms with Crippen molar-refractivity contribution in [1.29, 1.82) is 0 Å². The number of benzene rings is 4. The summed E-state index contributed by atoms with van der Waals surface area (Å²) in [6, 6.07) is 36.9. The topological polar surface area (TPSA) is 0 Å². The van der Waals surface area contributed by atoms with Gasteiger partial charge in [0.25, 0.3) is 0 Å². The summed E-state index contributed by atoms with van der Waals surface area (Å²) in [4.78, 5) is 0. The molecule has 0 amide bonds. The Balaban J connectivity index is 0.000000152. The number of fused-ring (bicyclic) bond motifs is 3. The van der Waals surface area contributed by atoms with E-state index >= 15 is 0 Å². The summed E-state index contributed by atoms with van der Waals surface area (Å²) >= 11 is 1.46. The van der Waals surface area contributed by atoms with Crippen molar-refractivity contribution in [3.63, 3.8) is 0 Å². The third-order valence-corrected chi connectivity index (χ3v) is 7.86. The second-order valence-corrected chi connectivity index (χ2v) is 9.85. The molecule has 0 saturated heterocycles. The van der Waals surface area contributed by atoms with Gasteiger partial charge in [0.2, 0.25) is 0 Å². The van der Waals surface area contributed by atoms with E-state index in [-0.39, 0.29) is 0 Å². The van der Waals surface area contributed by atoms with E-state index in [9.17, 15) is 0 Å². The minimum atomic E-state index is 1.06. The summed E-state index contributed by atoms with van der Waals surface area (Å²) in [5, 5.41) is 5.54. The number of allylic oxidation sites excluding steroid dienone is 4. The summed E-state index contributed by atoms with van der Waals surface area (Å²) in [5.74, 6) is 0. The Morgan fingerprint density at radius 2 is 1.44 bits per heavy atom. The molecule has 0 aromatic heterocycles. The van der Waals surface area contributed by atoms with Crippen LogP contribution >= 0.6 is 0 Å². The first-order chi connectivity index (χ1) is 16.7. The number of hydrogen-bond donors (Lipinski definition) is 0. The zero-order valence-corrected chi connectivity index (χ0v) is 21.9. The van der Waals surface area contributed by atoms with Crippen LogP contribution in [0.1, 0.15) is 35.6 Å². The summed E-state index contributed by atoms with van der Waals surface area (Å²) in [7, 11) is 0. The van der Waals surface area contributed by atoms with Crippen molar-refractivity contribution in [2.75, 3.05) is 0 Å². The van der Waals surface area contributed by atoms with Crippen molar-refractivity contribution < 1.29 is 24.2 Å². The van der Waals surface area contributed by atoms with E-state index in [0.717, 1.165) is 12.8 Å².